The average Bonchev–Trinajstić information content (AvgIpc) is 3.01. The molecular weight excluding hydrogens is 262 g/mol. The molecule has 2 heterocycles. The van der Waals surface area contributed by atoms with E-state index in [2.05, 4.69) is 33.7 Å². The van der Waals surface area contributed by atoms with E-state index in [-0.39, 0.29) is 0 Å². The van der Waals surface area contributed by atoms with Gasteiger partial charge in [0.2, 0.25) is 0 Å². The summed E-state index contributed by atoms with van der Waals surface area (Å²) in [5, 5.41) is 13.5. The van der Waals surface area contributed by atoms with Gasteiger partial charge in [0.25, 0.3) is 0 Å². The lowest BCUT2D eigenvalue weighted by Gasteiger charge is -2.09. The second-order valence-electron chi connectivity index (χ2n) is 5.03. The van der Waals surface area contributed by atoms with E-state index in [1.54, 1.807) is 0 Å². The smallest absolute Gasteiger partial charge is 0.124 e. The molecule has 106 valence electrons. The maximum absolute atomic E-state index is 9.02. The molecular formula is C16H17N5. The van der Waals surface area contributed by atoms with Crippen LogP contribution in [0.4, 0.5) is 0 Å². The van der Waals surface area contributed by atoms with Crippen molar-refractivity contribution < 1.29 is 0 Å². The zero-order valence-electron chi connectivity index (χ0n) is 12.2. The molecule has 0 saturated heterocycles. The van der Waals surface area contributed by atoms with E-state index in [4.69, 9.17) is 5.26 Å². The second-order valence-corrected chi connectivity index (χ2v) is 5.03. The summed E-state index contributed by atoms with van der Waals surface area (Å²) in [6.07, 6.45) is 0.313. The summed E-state index contributed by atoms with van der Waals surface area (Å²) in [5.41, 5.74) is 4.14. The van der Waals surface area contributed by atoms with Crippen LogP contribution in [-0.4, -0.2) is 19.3 Å². The Bertz CT molecular complexity index is 819. The molecule has 0 aliphatic heterocycles. The summed E-state index contributed by atoms with van der Waals surface area (Å²) in [5.74, 6) is 0.806. The molecule has 0 N–H and O–H groups in total. The van der Waals surface area contributed by atoms with Crippen molar-refractivity contribution in [2.75, 3.05) is 0 Å². The van der Waals surface area contributed by atoms with Crippen LogP contribution in [0, 0.1) is 18.3 Å². The predicted octanol–water partition coefficient (Wildman–Crippen LogP) is 2.68. The minimum absolute atomic E-state index is 0.313. The van der Waals surface area contributed by atoms with E-state index >= 15 is 0 Å². The minimum Gasteiger partial charge on any atom is -0.321 e. The third-order valence-electron chi connectivity index (χ3n) is 3.58. The topological polar surface area (TPSA) is 59.4 Å². The first-order chi connectivity index (χ1) is 10.2. The van der Waals surface area contributed by atoms with E-state index in [1.807, 2.05) is 35.9 Å². The number of nitriles is 1. The molecule has 3 aromatic rings. The minimum atomic E-state index is 0.313. The zero-order chi connectivity index (χ0) is 14.8. The number of nitrogens with zero attached hydrogens (tertiary/aromatic N) is 5. The van der Waals surface area contributed by atoms with Crippen LogP contribution in [0.15, 0.2) is 30.3 Å². The van der Waals surface area contributed by atoms with Gasteiger partial charge in [0.05, 0.1) is 41.5 Å². The molecule has 0 bridgehead atoms. The van der Waals surface area contributed by atoms with Gasteiger partial charge in [-0.3, -0.25) is 4.68 Å². The monoisotopic (exact) mass is 279 g/mol. The quantitative estimate of drug-likeness (QED) is 0.737. The fraction of sp³-hybridized carbons (Fsp3) is 0.312. The van der Waals surface area contributed by atoms with E-state index < -0.39 is 0 Å². The third kappa shape index (κ3) is 2.40. The maximum atomic E-state index is 9.02. The van der Waals surface area contributed by atoms with Gasteiger partial charge in [-0.05, 0) is 32.0 Å². The highest BCUT2D eigenvalue weighted by Gasteiger charge is 2.13. The Balaban J connectivity index is 2.10. The first-order valence-electron chi connectivity index (χ1n) is 7.07. The van der Waals surface area contributed by atoms with Crippen molar-refractivity contribution in [3.8, 4) is 6.07 Å². The van der Waals surface area contributed by atoms with Crippen molar-refractivity contribution in [2.45, 2.75) is 33.4 Å². The summed E-state index contributed by atoms with van der Waals surface area (Å²) in [6.45, 7) is 5.60. The predicted molar refractivity (Wildman–Crippen MR) is 80.8 cm³/mol. The number of benzene rings is 1. The van der Waals surface area contributed by atoms with Gasteiger partial charge in [-0.15, -0.1) is 0 Å². The van der Waals surface area contributed by atoms with E-state index in [0.717, 1.165) is 34.8 Å². The molecule has 1 aromatic carbocycles. The molecule has 0 radical (unpaired) electrons. The Morgan fingerprint density at radius 3 is 2.86 bits per heavy atom. The van der Waals surface area contributed by atoms with Crippen LogP contribution in [0.1, 0.15) is 24.1 Å². The molecule has 0 amide bonds. The summed E-state index contributed by atoms with van der Waals surface area (Å²) >= 11 is 0. The van der Waals surface area contributed by atoms with Gasteiger partial charge in [-0.2, -0.15) is 10.4 Å². The van der Waals surface area contributed by atoms with Gasteiger partial charge in [-0.1, -0.05) is 12.1 Å². The van der Waals surface area contributed by atoms with Gasteiger partial charge < -0.3 is 4.57 Å². The highest BCUT2D eigenvalue weighted by molar-refractivity contribution is 5.76. The number of aryl methyl sites for hydroxylation is 2. The first-order valence-corrected chi connectivity index (χ1v) is 7.07. The largest absolute Gasteiger partial charge is 0.321 e. The molecule has 2 aromatic heterocycles. The van der Waals surface area contributed by atoms with E-state index in [1.165, 1.54) is 0 Å². The third-order valence-corrected chi connectivity index (χ3v) is 3.58. The molecule has 0 spiro atoms. The van der Waals surface area contributed by atoms with Gasteiger partial charge in [0.1, 0.15) is 5.82 Å². The molecule has 21 heavy (non-hydrogen) atoms. The first kappa shape index (κ1) is 13.4. The van der Waals surface area contributed by atoms with Crippen molar-refractivity contribution in [2.24, 2.45) is 0 Å². The van der Waals surface area contributed by atoms with E-state index in [9.17, 15) is 0 Å². The molecule has 5 nitrogen and oxygen atoms in total. The van der Waals surface area contributed by atoms with E-state index in [0.29, 0.717) is 13.0 Å². The van der Waals surface area contributed by atoms with Crippen LogP contribution in [-0.2, 0) is 19.5 Å². The Kier molecular flexibility index (Phi) is 3.44. The molecule has 3 rings (SSSR count). The normalized spacial score (nSPS) is 10.9. The number of rotatable bonds is 4. The molecule has 0 unspecified atom stereocenters. The van der Waals surface area contributed by atoms with Crippen molar-refractivity contribution in [1.82, 2.24) is 19.3 Å². The molecule has 0 saturated carbocycles. The van der Waals surface area contributed by atoms with Crippen LogP contribution in [0.2, 0.25) is 0 Å². The standard InChI is InChI=1S/C16H17N5/c1-3-21-13(10-12(2)19-21)11-20-15-7-5-4-6-14(15)18-16(20)8-9-17/h4-7,10H,3,8,11H2,1-2H3. The van der Waals surface area contributed by atoms with Gasteiger partial charge >= 0.3 is 0 Å². The SMILES string of the molecule is CCn1nc(C)cc1Cn1c(CC#N)nc2ccccc21. The number of para-hydroxylation sites is 2. The number of aromatic nitrogens is 4. The second kappa shape index (κ2) is 5.41. The summed E-state index contributed by atoms with van der Waals surface area (Å²) < 4.78 is 4.11. The van der Waals surface area contributed by atoms with Crippen molar-refractivity contribution in [3.05, 3.63) is 47.5 Å². The molecule has 5 heteroatoms. The summed E-state index contributed by atoms with van der Waals surface area (Å²) in [7, 11) is 0. The number of hydrogen-bond donors (Lipinski definition) is 0. The zero-order valence-corrected chi connectivity index (χ0v) is 12.2. The number of hydrogen-bond acceptors (Lipinski definition) is 3. The molecule has 0 atom stereocenters. The highest BCUT2D eigenvalue weighted by atomic mass is 15.3. The number of imidazole rings is 1. The number of fused-ring (bicyclic) bond motifs is 1. The van der Waals surface area contributed by atoms with Gasteiger partial charge in [-0.25, -0.2) is 4.98 Å². The molecule has 0 aliphatic rings. The van der Waals surface area contributed by atoms with Crippen molar-refractivity contribution in [3.63, 3.8) is 0 Å². The highest BCUT2D eigenvalue weighted by Crippen LogP contribution is 2.18. The molecule has 0 fully saturated rings. The fourth-order valence-corrected chi connectivity index (χ4v) is 2.67. The van der Waals surface area contributed by atoms with Crippen LogP contribution in [0.5, 0.6) is 0 Å². The summed E-state index contributed by atoms with van der Waals surface area (Å²) in [4.78, 5) is 4.57. The van der Waals surface area contributed by atoms with Crippen molar-refractivity contribution in [1.29, 1.82) is 5.26 Å². The van der Waals surface area contributed by atoms with Gasteiger partial charge in [0, 0.05) is 6.54 Å². The summed E-state index contributed by atoms with van der Waals surface area (Å²) in [6, 6.07) is 12.3. The Morgan fingerprint density at radius 2 is 2.10 bits per heavy atom. The van der Waals surface area contributed by atoms with Crippen molar-refractivity contribution >= 4 is 11.0 Å². The average molecular weight is 279 g/mol. The Hall–Kier alpha value is -2.61. The Labute approximate surface area is 123 Å². The lowest BCUT2D eigenvalue weighted by molar-refractivity contribution is 0.595. The Morgan fingerprint density at radius 1 is 1.29 bits per heavy atom. The van der Waals surface area contributed by atoms with Crippen LogP contribution >= 0.6 is 0 Å². The fourth-order valence-electron chi connectivity index (χ4n) is 2.67. The lowest BCUT2D eigenvalue weighted by atomic mass is 10.3. The molecule has 0 aliphatic carbocycles. The van der Waals surface area contributed by atoms with Crippen LogP contribution in [0.3, 0.4) is 0 Å². The lowest BCUT2D eigenvalue weighted by Crippen LogP contribution is -2.10. The van der Waals surface area contributed by atoms with Crippen LogP contribution in [0.25, 0.3) is 11.0 Å². The maximum Gasteiger partial charge on any atom is 0.124 e. The van der Waals surface area contributed by atoms with Crippen LogP contribution < -0.4 is 0 Å². The van der Waals surface area contributed by atoms with Gasteiger partial charge in [0.15, 0.2) is 0 Å².